The van der Waals surface area contributed by atoms with Gasteiger partial charge in [0.25, 0.3) is 5.91 Å². The summed E-state index contributed by atoms with van der Waals surface area (Å²) in [5, 5.41) is 4.25. The van der Waals surface area contributed by atoms with E-state index in [0.29, 0.717) is 22.0 Å². The second-order valence-electron chi connectivity index (χ2n) is 6.83. The minimum atomic E-state index is -0.248. The Labute approximate surface area is 178 Å². The average molecular weight is 423 g/mol. The molecule has 0 spiro atoms. The molecule has 4 rings (SSSR count). The van der Waals surface area contributed by atoms with Crippen LogP contribution in [0.5, 0.6) is 5.75 Å². The van der Waals surface area contributed by atoms with Gasteiger partial charge in [0.1, 0.15) is 10.8 Å². The first-order chi connectivity index (χ1) is 14.0. The summed E-state index contributed by atoms with van der Waals surface area (Å²) in [5.41, 5.74) is 2.91. The lowest BCUT2D eigenvalue weighted by molar-refractivity contribution is 0.102. The van der Waals surface area contributed by atoms with E-state index in [0.717, 1.165) is 20.8 Å². The largest absolute Gasteiger partial charge is 0.491 e. The molecule has 0 aliphatic heterocycles. The Hall–Kier alpha value is -2.89. The first-order valence-electron chi connectivity index (χ1n) is 9.23. The molecule has 146 valence electrons. The Morgan fingerprint density at radius 3 is 2.69 bits per heavy atom. The minimum Gasteiger partial charge on any atom is -0.491 e. The molecule has 0 aliphatic rings. The molecule has 4 nitrogen and oxygen atoms in total. The fraction of sp³-hybridized carbons (Fsp3) is 0.130. The Morgan fingerprint density at radius 2 is 1.90 bits per heavy atom. The van der Waals surface area contributed by atoms with Crippen molar-refractivity contribution in [2.75, 3.05) is 5.32 Å². The van der Waals surface area contributed by atoms with E-state index < -0.39 is 0 Å². The third-order valence-electron chi connectivity index (χ3n) is 4.22. The first-order valence-corrected chi connectivity index (χ1v) is 10.4. The van der Waals surface area contributed by atoms with Crippen molar-refractivity contribution in [3.8, 4) is 16.3 Å². The molecule has 0 saturated heterocycles. The van der Waals surface area contributed by atoms with Gasteiger partial charge in [0, 0.05) is 11.1 Å². The van der Waals surface area contributed by atoms with E-state index >= 15 is 0 Å². The fourth-order valence-electron chi connectivity index (χ4n) is 2.93. The van der Waals surface area contributed by atoms with Crippen LogP contribution in [-0.2, 0) is 0 Å². The van der Waals surface area contributed by atoms with Crippen molar-refractivity contribution in [1.82, 2.24) is 4.98 Å². The van der Waals surface area contributed by atoms with Crippen LogP contribution in [0.3, 0.4) is 0 Å². The van der Waals surface area contributed by atoms with Crippen LogP contribution in [0.4, 0.5) is 5.69 Å². The second kappa shape index (κ2) is 8.23. The molecule has 1 heterocycles. The highest BCUT2D eigenvalue weighted by Gasteiger charge is 2.13. The maximum atomic E-state index is 12.8. The summed E-state index contributed by atoms with van der Waals surface area (Å²) >= 11 is 7.94. The van der Waals surface area contributed by atoms with Gasteiger partial charge in [0.05, 0.1) is 27.0 Å². The number of fused-ring (bicyclic) bond motifs is 1. The van der Waals surface area contributed by atoms with Crippen molar-refractivity contribution in [2.24, 2.45) is 0 Å². The number of para-hydroxylation sites is 1. The summed E-state index contributed by atoms with van der Waals surface area (Å²) < 4.78 is 6.79. The Bertz CT molecular complexity index is 1150. The number of nitrogens with one attached hydrogen (secondary N) is 1. The molecule has 0 unspecified atom stereocenters. The van der Waals surface area contributed by atoms with E-state index in [2.05, 4.69) is 10.3 Å². The number of carbonyl (C=O) groups excluding carboxylic acids is 1. The number of amides is 1. The van der Waals surface area contributed by atoms with Gasteiger partial charge in [-0.15, -0.1) is 11.3 Å². The molecular weight excluding hydrogens is 404 g/mol. The first kappa shape index (κ1) is 19.4. The topological polar surface area (TPSA) is 51.2 Å². The highest BCUT2D eigenvalue weighted by Crippen LogP contribution is 2.34. The van der Waals surface area contributed by atoms with Crippen molar-refractivity contribution in [1.29, 1.82) is 0 Å². The predicted molar refractivity (Wildman–Crippen MR) is 120 cm³/mol. The maximum Gasteiger partial charge on any atom is 0.255 e. The summed E-state index contributed by atoms with van der Waals surface area (Å²) in [6, 6.07) is 20.6. The van der Waals surface area contributed by atoms with E-state index in [9.17, 15) is 4.79 Å². The van der Waals surface area contributed by atoms with Crippen molar-refractivity contribution < 1.29 is 9.53 Å². The molecule has 0 saturated carbocycles. The SMILES string of the molecule is CC(C)Oc1cccc(C(=O)Nc2cc(-c3nc4ccccc4s3)ccc2Cl)c1. The number of ether oxygens (including phenoxy) is 1. The highest BCUT2D eigenvalue weighted by atomic mass is 35.5. The Balaban J connectivity index is 1.60. The molecule has 0 aliphatic carbocycles. The third kappa shape index (κ3) is 4.42. The molecule has 29 heavy (non-hydrogen) atoms. The van der Waals surface area contributed by atoms with E-state index in [1.165, 1.54) is 0 Å². The van der Waals surface area contributed by atoms with Crippen LogP contribution >= 0.6 is 22.9 Å². The standard InChI is InChI=1S/C23H19ClN2O2S/c1-14(2)28-17-7-5-6-15(12-17)22(27)25-20-13-16(10-11-18(20)24)23-26-19-8-3-4-9-21(19)29-23/h3-14H,1-2H3,(H,25,27). The van der Waals surface area contributed by atoms with Crippen molar-refractivity contribution in [3.05, 3.63) is 77.3 Å². The van der Waals surface area contributed by atoms with Gasteiger partial charge in [-0.1, -0.05) is 35.9 Å². The normalized spacial score (nSPS) is 11.0. The number of aromatic nitrogens is 1. The number of hydrogen-bond donors (Lipinski definition) is 1. The summed E-state index contributed by atoms with van der Waals surface area (Å²) in [5.74, 6) is 0.407. The molecular formula is C23H19ClN2O2S. The van der Waals surface area contributed by atoms with E-state index in [1.807, 2.05) is 56.3 Å². The summed E-state index contributed by atoms with van der Waals surface area (Å²) in [6.45, 7) is 3.89. The smallest absolute Gasteiger partial charge is 0.255 e. The van der Waals surface area contributed by atoms with Crippen LogP contribution < -0.4 is 10.1 Å². The van der Waals surface area contributed by atoms with Gasteiger partial charge in [-0.05, 0) is 56.3 Å². The molecule has 1 amide bonds. The number of rotatable bonds is 5. The monoisotopic (exact) mass is 422 g/mol. The fourth-order valence-corrected chi connectivity index (χ4v) is 4.05. The lowest BCUT2D eigenvalue weighted by Gasteiger charge is -2.12. The third-order valence-corrected chi connectivity index (χ3v) is 5.64. The van der Waals surface area contributed by atoms with E-state index in [-0.39, 0.29) is 12.0 Å². The molecule has 0 atom stereocenters. The summed E-state index contributed by atoms with van der Waals surface area (Å²) in [7, 11) is 0. The van der Waals surface area contributed by atoms with Gasteiger partial charge < -0.3 is 10.1 Å². The molecule has 4 aromatic rings. The zero-order valence-electron chi connectivity index (χ0n) is 16.0. The minimum absolute atomic E-state index is 0.0354. The molecule has 1 N–H and O–H groups in total. The molecule has 0 radical (unpaired) electrons. The van der Waals surface area contributed by atoms with Crippen molar-refractivity contribution in [3.63, 3.8) is 0 Å². The van der Waals surface area contributed by atoms with E-state index in [4.69, 9.17) is 16.3 Å². The summed E-state index contributed by atoms with van der Waals surface area (Å²) in [4.78, 5) is 17.4. The Morgan fingerprint density at radius 1 is 1.07 bits per heavy atom. The van der Waals surface area contributed by atoms with E-state index in [1.54, 1.807) is 35.6 Å². The highest BCUT2D eigenvalue weighted by molar-refractivity contribution is 7.21. The maximum absolute atomic E-state index is 12.8. The van der Waals surface area contributed by atoms with Gasteiger partial charge in [-0.3, -0.25) is 4.79 Å². The van der Waals surface area contributed by atoms with Gasteiger partial charge in [0.2, 0.25) is 0 Å². The molecule has 0 fully saturated rings. The van der Waals surface area contributed by atoms with Crippen molar-refractivity contribution in [2.45, 2.75) is 20.0 Å². The van der Waals surface area contributed by atoms with Crippen molar-refractivity contribution >= 4 is 44.7 Å². The zero-order valence-corrected chi connectivity index (χ0v) is 17.6. The predicted octanol–water partition coefficient (Wildman–Crippen LogP) is 6.66. The number of hydrogen-bond acceptors (Lipinski definition) is 4. The van der Waals surface area contributed by atoms with Gasteiger partial charge >= 0.3 is 0 Å². The van der Waals surface area contributed by atoms with Crippen LogP contribution in [0.25, 0.3) is 20.8 Å². The lowest BCUT2D eigenvalue weighted by atomic mass is 10.1. The average Bonchev–Trinajstić information content (AvgIpc) is 3.13. The Kier molecular flexibility index (Phi) is 5.51. The molecule has 6 heteroatoms. The van der Waals surface area contributed by atoms with Crippen LogP contribution in [0.2, 0.25) is 5.02 Å². The summed E-state index contributed by atoms with van der Waals surface area (Å²) in [6.07, 6.45) is 0.0354. The van der Waals surface area contributed by atoms with Gasteiger partial charge in [-0.2, -0.15) is 0 Å². The number of halogens is 1. The second-order valence-corrected chi connectivity index (χ2v) is 8.27. The number of carbonyl (C=O) groups is 1. The quantitative estimate of drug-likeness (QED) is 0.391. The number of thiazole rings is 1. The number of nitrogens with zero attached hydrogens (tertiary/aromatic N) is 1. The zero-order chi connectivity index (χ0) is 20.4. The number of benzene rings is 3. The molecule has 0 bridgehead atoms. The molecule has 3 aromatic carbocycles. The molecule has 1 aromatic heterocycles. The van der Waals surface area contributed by atoms with Crippen LogP contribution in [-0.4, -0.2) is 17.0 Å². The lowest BCUT2D eigenvalue weighted by Crippen LogP contribution is -2.13. The van der Waals surface area contributed by atoms with Gasteiger partial charge in [-0.25, -0.2) is 4.98 Å². The van der Waals surface area contributed by atoms with Crippen LogP contribution in [0, 0.1) is 0 Å². The number of anilines is 1. The van der Waals surface area contributed by atoms with Crippen LogP contribution in [0.1, 0.15) is 24.2 Å². The van der Waals surface area contributed by atoms with Gasteiger partial charge in [0.15, 0.2) is 0 Å². The van der Waals surface area contributed by atoms with Crippen LogP contribution in [0.15, 0.2) is 66.7 Å².